The van der Waals surface area contributed by atoms with Gasteiger partial charge in [0.2, 0.25) is 21.6 Å². The summed E-state index contributed by atoms with van der Waals surface area (Å²) in [5.41, 5.74) is -1.92. The van der Waals surface area contributed by atoms with Gasteiger partial charge in [0.15, 0.2) is 0 Å². The number of sulfonamides is 1. The molecule has 3 N–H and O–H groups in total. The second-order valence-electron chi connectivity index (χ2n) is 5.76. The van der Waals surface area contributed by atoms with Gasteiger partial charge in [-0.25, -0.2) is 13.2 Å². The van der Waals surface area contributed by atoms with Crippen molar-refractivity contribution < 1.29 is 13.5 Å². The van der Waals surface area contributed by atoms with Gasteiger partial charge >= 0.3 is 5.69 Å². The first-order chi connectivity index (χ1) is 12.4. The van der Waals surface area contributed by atoms with Crippen molar-refractivity contribution >= 4 is 21.4 Å². The number of azo groups is 1. The van der Waals surface area contributed by atoms with Crippen molar-refractivity contribution in [3.8, 4) is 5.88 Å². The van der Waals surface area contributed by atoms with E-state index < -0.39 is 32.8 Å². The van der Waals surface area contributed by atoms with Gasteiger partial charge in [0.05, 0.1) is 10.6 Å². The number of hydrogen-bond acceptors (Lipinski definition) is 7. The quantitative estimate of drug-likeness (QED) is 0.686. The molecule has 0 radical (unpaired) electrons. The van der Waals surface area contributed by atoms with E-state index in [1.54, 1.807) is 0 Å². The maximum atomic E-state index is 12.6. The van der Waals surface area contributed by atoms with Crippen molar-refractivity contribution in [2.24, 2.45) is 10.2 Å². The molecule has 0 amide bonds. The van der Waals surface area contributed by atoms with Crippen LogP contribution < -0.4 is 11.2 Å². The van der Waals surface area contributed by atoms with Gasteiger partial charge in [0, 0.05) is 13.1 Å². The number of benzene rings is 1. The molecule has 0 bridgehead atoms. The molecule has 1 aliphatic rings. The summed E-state index contributed by atoms with van der Waals surface area (Å²) in [4.78, 5) is 26.6. The summed E-state index contributed by atoms with van der Waals surface area (Å²) in [7, 11) is -3.54. The lowest BCUT2D eigenvalue weighted by Crippen LogP contribution is -2.35. The van der Waals surface area contributed by atoms with Crippen molar-refractivity contribution in [2.45, 2.75) is 24.2 Å². The molecule has 1 aliphatic heterocycles. The molecule has 10 nitrogen and oxygen atoms in total. The molecule has 1 saturated heterocycles. The molecule has 1 fully saturated rings. The Kier molecular flexibility index (Phi) is 5.00. The van der Waals surface area contributed by atoms with Crippen LogP contribution in [0.5, 0.6) is 5.88 Å². The van der Waals surface area contributed by atoms with Crippen LogP contribution in [0.25, 0.3) is 0 Å². The van der Waals surface area contributed by atoms with Crippen molar-refractivity contribution in [1.82, 2.24) is 14.3 Å². The highest BCUT2D eigenvalue weighted by Gasteiger charge is 2.25. The van der Waals surface area contributed by atoms with E-state index in [4.69, 9.17) is 0 Å². The van der Waals surface area contributed by atoms with E-state index in [2.05, 4.69) is 10.2 Å². The molecule has 2 aromatic rings. The van der Waals surface area contributed by atoms with Crippen molar-refractivity contribution in [2.75, 3.05) is 13.1 Å². The molecule has 1 aromatic carbocycles. The first-order valence-electron chi connectivity index (χ1n) is 7.95. The molecule has 2 heterocycles. The first-order valence-corrected chi connectivity index (χ1v) is 9.39. The highest BCUT2D eigenvalue weighted by atomic mass is 32.2. The van der Waals surface area contributed by atoms with Gasteiger partial charge in [-0.3, -0.25) is 14.8 Å². The zero-order chi connectivity index (χ0) is 18.7. The van der Waals surface area contributed by atoms with E-state index in [-0.39, 0.29) is 10.6 Å². The lowest BCUT2D eigenvalue weighted by molar-refractivity contribution is 0.346. The maximum Gasteiger partial charge on any atom is 0.328 e. The Bertz CT molecular complexity index is 1030. The van der Waals surface area contributed by atoms with Gasteiger partial charge in [0.25, 0.3) is 5.56 Å². The molecule has 26 heavy (non-hydrogen) atoms. The summed E-state index contributed by atoms with van der Waals surface area (Å²) in [6.45, 7) is 1.02. The van der Waals surface area contributed by atoms with Gasteiger partial charge in [-0.1, -0.05) is 6.42 Å². The second-order valence-corrected chi connectivity index (χ2v) is 7.70. The van der Waals surface area contributed by atoms with Crippen molar-refractivity contribution in [3.05, 3.63) is 45.1 Å². The van der Waals surface area contributed by atoms with E-state index in [1.165, 1.54) is 28.6 Å². The van der Waals surface area contributed by atoms with Crippen LogP contribution in [0.2, 0.25) is 0 Å². The van der Waals surface area contributed by atoms with E-state index in [9.17, 15) is 23.1 Å². The van der Waals surface area contributed by atoms with Crippen LogP contribution in [0, 0.1) is 0 Å². The summed E-state index contributed by atoms with van der Waals surface area (Å²) in [6.07, 6.45) is 2.73. The number of piperidine rings is 1. The Morgan fingerprint density at radius 2 is 1.62 bits per heavy atom. The maximum absolute atomic E-state index is 12.6. The highest BCUT2D eigenvalue weighted by molar-refractivity contribution is 7.89. The molecular formula is C15H17N5O5S. The Labute approximate surface area is 148 Å². The Hall–Kier alpha value is -2.79. The minimum Gasteiger partial charge on any atom is -0.493 e. The van der Waals surface area contributed by atoms with E-state index in [1.807, 2.05) is 9.97 Å². The lowest BCUT2D eigenvalue weighted by Gasteiger charge is -2.25. The number of nitrogens with zero attached hydrogens (tertiary/aromatic N) is 3. The number of H-pyrrole nitrogens is 2. The number of nitrogens with one attached hydrogen (secondary N) is 2. The Balaban J connectivity index is 1.82. The first kappa shape index (κ1) is 18.0. The third-order valence-electron chi connectivity index (χ3n) is 3.95. The molecule has 1 aromatic heterocycles. The average Bonchev–Trinajstić information content (AvgIpc) is 2.62. The number of aromatic hydroxyl groups is 1. The van der Waals surface area contributed by atoms with Crippen LogP contribution in [0.3, 0.4) is 0 Å². The average molecular weight is 379 g/mol. The zero-order valence-corrected chi connectivity index (χ0v) is 14.5. The van der Waals surface area contributed by atoms with E-state index in [0.29, 0.717) is 13.1 Å². The van der Waals surface area contributed by atoms with E-state index >= 15 is 0 Å². The predicted octanol–water partition coefficient (Wildman–Crippen LogP) is 1.36. The summed E-state index contributed by atoms with van der Waals surface area (Å²) >= 11 is 0. The zero-order valence-electron chi connectivity index (χ0n) is 13.7. The molecule has 0 aliphatic carbocycles. The third kappa shape index (κ3) is 3.73. The van der Waals surface area contributed by atoms with Crippen LogP contribution in [-0.2, 0) is 10.0 Å². The van der Waals surface area contributed by atoms with Crippen LogP contribution >= 0.6 is 0 Å². The molecule has 3 rings (SSSR count). The molecular weight excluding hydrogens is 362 g/mol. The normalized spacial score (nSPS) is 16.2. The van der Waals surface area contributed by atoms with Gasteiger partial charge in [0.1, 0.15) is 0 Å². The van der Waals surface area contributed by atoms with Gasteiger partial charge in [-0.2, -0.15) is 9.42 Å². The molecule has 138 valence electrons. The van der Waals surface area contributed by atoms with Gasteiger partial charge in [-0.05, 0) is 37.1 Å². The molecule has 11 heteroatoms. The smallest absolute Gasteiger partial charge is 0.328 e. The largest absolute Gasteiger partial charge is 0.493 e. The summed E-state index contributed by atoms with van der Waals surface area (Å²) in [5, 5.41) is 16.9. The predicted molar refractivity (Wildman–Crippen MR) is 92.6 cm³/mol. The minimum absolute atomic E-state index is 0.156. The topological polar surface area (TPSA) is 148 Å². The number of rotatable bonds is 4. The SMILES string of the molecule is O=c1[nH]c(O)c(N=Nc2ccc(S(=O)(=O)N3CCCCC3)cc2)c(=O)[nH]1. The fourth-order valence-corrected chi connectivity index (χ4v) is 4.12. The second kappa shape index (κ2) is 7.22. The number of hydrogen-bond donors (Lipinski definition) is 3. The number of aromatic amines is 2. The van der Waals surface area contributed by atoms with Gasteiger partial charge in [-0.15, -0.1) is 5.11 Å². The summed E-state index contributed by atoms with van der Waals surface area (Å²) < 4.78 is 26.6. The highest BCUT2D eigenvalue weighted by Crippen LogP contribution is 2.24. The summed E-state index contributed by atoms with van der Waals surface area (Å²) in [6, 6.07) is 5.71. The fourth-order valence-electron chi connectivity index (χ4n) is 2.61. The van der Waals surface area contributed by atoms with Gasteiger partial charge < -0.3 is 5.11 Å². The van der Waals surface area contributed by atoms with Crippen LogP contribution in [0.15, 0.2) is 49.0 Å². The monoisotopic (exact) mass is 379 g/mol. The summed E-state index contributed by atoms with van der Waals surface area (Å²) in [5.74, 6) is -0.702. The third-order valence-corrected chi connectivity index (χ3v) is 5.87. The Morgan fingerprint density at radius 1 is 0.962 bits per heavy atom. The van der Waals surface area contributed by atoms with Crippen molar-refractivity contribution in [1.29, 1.82) is 0 Å². The molecule has 0 spiro atoms. The fraction of sp³-hybridized carbons (Fsp3) is 0.333. The Morgan fingerprint density at radius 3 is 2.23 bits per heavy atom. The number of aromatic nitrogens is 2. The van der Waals surface area contributed by atoms with E-state index in [0.717, 1.165) is 19.3 Å². The van der Waals surface area contributed by atoms with Crippen LogP contribution in [0.4, 0.5) is 11.4 Å². The molecule has 0 atom stereocenters. The lowest BCUT2D eigenvalue weighted by atomic mass is 10.2. The van der Waals surface area contributed by atoms with Crippen molar-refractivity contribution in [3.63, 3.8) is 0 Å². The van der Waals surface area contributed by atoms with Crippen LogP contribution in [0.1, 0.15) is 19.3 Å². The molecule has 0 saturated carbocycles. The van der Waals surface area contributed by atoms with Crippen LogP contribution in [-0.4, -0.2) is 40.9 Å². The molecule has 0 unspecified atom stereocenters. The minimum atomic E-state index is -3.54. The standard InChI is InChI=1S/C15H17N5O5S/c21-13-12(14(22)17-15(23)16-13)19-18-10-4-6-11(7-5-10)26(24,25)20-8-2-1-3-9-20/h4-7H,1-3,8-9H2,(H3,16,17,21,22,23).